The van der Waals surface area contributed by atoms with Crippen LogP contribution in [0, 0.1) is 0 Å². The molecule has 1 atom stereocenters. The lowest BCUT2D eigenvalue weighted by Crippen LogP contribution is -1.98. The topological polar surface area (TPSA) is 20.2 Å². The third-order valence-electron chi connectivity index (χ3n) is 2.45. The van der Waals surface area contributed by atoms with Crippen LogP contribution in [0.2, 0.25) is 0 Å². The molecule has 1 unspecified atom stereocenters. The summed E-state index contributed by atoms with van der Waals surface area (Å²) in [6.45, 7) is 6.09. The summed E-state index contributed by atoms with van der Waals surface area (Å²) in [7, 11) is 0. The Morgan fingerprint density at radius 2 is 1.92 bits per heavy atom. The zero-order chi connectivity index (χ0) is 9.84. The van der Waals surface area contributed by atoms with Gasteiger partial charge in [-0.25, -0.2) is 0 Å². The Kier molecular flexibility index (Phi) is 3.49. The van der Waals surface area contributed by atoms with E-state index < -0.39 is 0 Å². The van der Waals surface area contributed by atoms with Crippen molar-refractivity contribution in [2.24, 2.45) is 0 Å². The summed E-state index contributed by atoms with van der Waals surface area (Å²) in [4.78, 5) is 0. The Morgan fingerprint density at radius 1 is 1.23 bits per heavy atom. The van der Waals surface area contributed by atoms with E-state index in [4.69, 9.17) is 0 Å². The number of aliphatic hydroxyl groups excluding tert-OH is 1. The lowest BCUT2D eigenvalue weighted by atomic mass is 9.98. The van der Waals surface area contributed by atoms with E-state index in [0.717, 1.165) is 18.4 Å². The van der Waals surface area contributed by atoms with Crippen LogP contribution in [0.25, 0.3) is 0 Å². The number of hydrogen-bond donors (Lipinski definition) is 1. The third-order valence-corrected chi connectivity index (χ3v) is 2.45. The van der Waals surface area contributed by atoms with Gasteiger partial charge in [-0.05, 0) is 36.5 Å². The molecule has 0 saturated heterocycles. The van der Waals surface area contributed by atoms with Crippen molar-refractivity contribution >= 4 is 0 Å². The van der Waals surface area contributed by atoms with E-state index in [-0.39, 0.29) is 6.10 Å². The zero-order valence-electron chi connectivity index (χ0n) is 8.67. The predicted molar refractivity (Wildman–Crippen MR) is 55.8 cm³/mol. The second-order valence-corrected chi connectivity index (χ2v) is 3.42. The highest BCUT2D eigenvalue weighted by Gasteiger charge is 2.06. The highest BCUT2D eigenvalue weighted by molar-refractivity contribution is 5.33. The van der Waals surface area contributed by atoms with Crippen LogP contribution in [-0.2, 0) is 12.8 Å². The van der Waals surface area contributed by atoms with Crippen LogP contribution < -0.4 is 0 Å². The highest BCUT2D eigenvalue weighted by Crippen LogP contribution is 2.19. The Bertz CT molecular complexity index is 276. The first kappa shape index (κ1) is 10.3. The van der Waals surface area contributed by atoms with E-state index in [1.54, 1.807) is 0 Å². The molecule has 0 heterocycles. The van der Waals surface area contributed by atoms with Crippen molar-refractivity contribution in [1.82, 2.24) is 0 Å². The fraction of sp³-hybridized carbons (Fsp3) is 0.500. The molecule has 1 heteroatoms. The second-order valence-electron chi connectivity index (χ2n) is 3.42. The Labute approximate surface area is 80.4 Å². The molecule has 0 radical (unpaired) electrons. The molecule has 0 fully saturated rings. The SMILES string of the molecule is CCc1ccc(C(C)O)c(CC)c1. The van der Waals surface area contributed by atoms with E-state index >= 15 is 0 Å². The van der Waals surface area contributed by atoms with Crippen LogP contribution in [-0.4, -0.2) is 5.11 Å². The minimum absolute atomic E-state index is 0.346. The molecule has 1 aromatic rings. The van der Waals surface area contributed by atoms with E-state index in [9.17, 15) is 5.11 Å². The van der Waals surface area contributed by atoms with Crippen LogP contribution >= 0.6 is 0 Å². The summed E-state index contributed by atoms with van der Waals surface area (Å²) in [5.74, 6) is 0. The third kappa shape index (κ3) is 2.31. The molecule has 0 aliphatic heterocycles. The summed E-state index contributed by atoms with van der Waals surface area (Å²) < 4.78 is 0. The molecule has 13 heavy (non-hydrogen) atoms. The van der Waals surface area contributed by atoms with Crippen LogP contribution in [0.15, 0.2) is 18.2 Å². The number of benzene rings is 1. The predicted octanol–water partition coefficient (Wildman–Crippen LogP) is 2.86. The first-order chi connectivity index (χ1) is 6.19. The van der Waals surface area contributed by atoms with E-state index in [1.807, 2.05) is 13.0 Å². The summed E-state index contributed by atoms with van der Waals surface area (Å²) in [6.07, 6.45) is 1.71. The molecule has 1 N–H and O–H groups in total. The molecule has 1 nitrogen and oxygen atoms in total. The van der Waals surface area contributed by atoms with Crippen molar-refractivity contribution in [3.63, 3.8) is 0 Å². The molecule has 0 aliphatic rings. The average molecular weight is 178 g/mol. The molecule has 0 aliphatic carbocycles. The highest BCUT2D eigenvalue weighted by atomic mass is 16.3. The van der Waals surface area contributed by atoms with Gasteiger partial charge in [-0.15, -0.1) is 0 Å². The molecule has 0 aromatic heterocycles. The van der Waals surface area contributed by atoms with Gasteiger partial charge in [0.2, 0.25) is 0 Å². The molecule has 0 spiro atoms. The van der Waals surface area contributed by atoms with Crippen molar-refractivity contribution in [3.8, 4) is 0 Å². The van der Waals surface area contributed by atoms with Gasteiger partial charge in [0.25, 0.3) is 0 Å². The largest absolute Gasteiger partial charge is 0.389 e. The van der Waals surface area contributed by atoms with E-state index in [0.29, 0.717) is 0 Å². The standard InChI is InChI=1S/C12H18O/c1-4-10-6-7-12(9(3)13)11(5-2)8-10/h6-9,13H,4-5H2,1-3H3. The molecule has 1 rings (SSSR count). The minimum Gasteiger partial charge on any atom is -0.389 e. The number of rotatable bonds is 3. The fourth-order valence-electron chi connectivity index (χ4n) is 1.59. The molecular formula is C12H18O. The van der Waals surface area contributed by atoms with Gasteiger partial charge in [0.1, 0.15) is 0 Å². The molecule has 72 valence electrons. The van der Waals surface area contributed by atoms with Gasteiger partial charge in [-0.2, -0.15) is 0 Å². The maximum atomic E-state index is 9.50. The van der Waals surface area contributed by atoms with Gasteiger partial charge < -0.3 is 5.11 Å². The van der Waals surface area contributed by atoms with Gasteiger partial charge in [-0.1, -0.05) is 32.0 Å². The quantitative estimate of drug-likeness (QED) is 0.754. The van der Waals surface area contributed by atoms with Crippen molar-refractivity contribution in [2.75, 3.05) is 0 Å². The van der Waals surface area contributed by atoms with Gasteiger partial charge in [0, 0.05) is 0 Å². The molecule has 0 saturated carbocycles. The number of aryl methyl sites for hydroxylation is 2. The van der Waals surface area contributed by atoms with Crippen molar-refractivity contribution in [3.05, 3.63) is 34.9 Å². The van der Waals surface area contributed by atoms with E-state index in [1.165, 1.54) is 11.1 Å². The van der Waals surface area contributed by atoms with Crippen molar-refractivity contribution in [2.45, 2.75) is 39.7 Å². The second kappa shape index (κ2) is 4.43. The van der Waals surface area contributed by atoms with Crippen molar-refractivity contribution < 1.29 is 5.11 Å². The molecule has 0 bridgehead atoms. The number of hydrogen-bond acceptors (Lipinski definition) is 1. The molecule has 0 amide bonds. The lowest BCUT2D eigenvalue weighted by Gasteiger charge is -2.11. The van der Waals surface area contributed by atoms with Crippen LogP contribution in [0.3, 0.4) is 0 Å². The lowest BCUT2D eigenvalue weighted by molar-refractivity contribution is 0.198. The smallest absolute Gasteiger partial charge is 0.0764 e. The number of aliphatic hydroxyl groups is 1. The summed E-state index contributed by atoms with van der Waals surface area (Å²) in [5.41, 5.74) is 3.69. The Morgan fingerprint density at radius 3 is 2.38 bits per heavy atom. The molecular weight excluding hydrogens is 160 g/mol. The summed E-state index contributed by atoms with van der Waals surface area (Å²) in [6, 6.07) is 6.34. The summed E-state index contributed by atoms with van der Waals surface area (Å²) in [5, 5.41) is 9.50. The van der Waals surface area contributed by atoms with Crippen LogP contribution in [0.1, 0.15) is 43.6 Å². The average Bonchev–Trinajstić information content (AvgIpc) is 2.16. The maximum absolute atomic E-state index is 9.50. The van der Waals surface area contributed by atoms with E-state index in [2.05, 4.69) is 26.0 Å². The van der Waals surface area contributed by atoms with Crippen LogP contribution in [0.4, 0.5) is 0 Å². The van der Waals surface area contributed by atoms with Gasteiger partial charge >= 0.3 is 0 Å². The Balaban J connectivity index is 3.08. The van der Waals surface area contributed by atoms with Crippen molar-refractivity contribution in [1.29, 1.82) is 0 Å². The first-order valence-corrected chi connectivity index (χ1v) is 4.98. The summed E-state index contributed by atoms with van der Waals surface area (Å²) >= 11 is 0. The monoisotopic (exact) mass is 178 g/mol. The van der Waals surface area contributed by atoms with Gasteiger partial charge in [0.15, 0.2) is 0 Å². The minimum atomic E-state index is -0.346. The Hall–Kier alpha value is -0.820. The van der Waals surface area contributed by atoms with Crippen LogP contribution in [0.5, 0.6) is 0 Å². The van der Waals surface area contributed by atoms with Gasteiger partial charge in [0.05, 0.1) is 6.10 Å². The fourth-order valence-corrected chi connectivity index (χ4v) is 1.59. The molecule has 1 aromatic carbocycles. The maximum Gasteiger partial charge on any atom is 0.0764 e. The normalized spacial score (nSPS) is 12.9. The van der Waals surface area contributed by atoms with Gasteiger partial charge in [-0.3, -0.25) is 0 Å². The zero-order valence-corrected chi connectivity index (χ0v) is 8.67. The first-order valence-electron chi connectivity index (χ1n) is 4.98.